The zero-order valence-electron chi connectivity index (χ0n) is 9.08. The van der Waals surface area contributed by atoms with Crippen LogP contribution in [0.5, 0.6) is 0 Å². The summed E-state index contributed by atoms with van der Waals surface area (Å²) in [5, 5.41) is 0. The van der Waals surface area contributed by atoms with E-state index in [1.807, 2.05) is 7.11 Å². The molecule has 13 heavy (non-hydrogen) atoms. The maximum atomic E-state index is 5.61. The highest BCUT2D eigenvalue weighted by Gasteiger charge is 2.20. The van der Waals surface area contributed by atoms with Crippen molar-refractivity contribution in [2.45, 2.75) is 51.7 Å². The Bertz CT molecular complexity index is 126. The van der Waals surface area contributed by atoms with E-state index in [1.54, 1.807) is 0 Å². The number of ether oxygens (including phenoxy) is 2. The second-order valence-electron chi connectivity index (χ2n) is 4.26. The van der Waals surface area contributed by atoms with Gasteiger partial charge in [0.1, 0.15) is 0 Å². The first-order valence-corrected chi connectivity index (χ1v) is 5.36. The molecule has 0 aromatic carbocycles. The summed E-state index contributed by atoms with van der Waals surface area (Å²) in [6.07, 6.45) is 5.84. The minimum Gasteiger partial charge on any atom is -0.381 e. The van der Waals surface area contributed by atoms with Gasteiger partial charge in [-0.1, -0.05) is 0 Å². The average Bonchev–Trinajstić information content (AvgIpc) is 2.15. The van der Waals surface area contributed by atoms with Crippen molar-refractivity contribution in [2.75, 3.05) is 13.7 Å². The van der Waals surface area contributed by atoms with Crippen molar-refractivity contribution in [1.82, 2.24) is 0 Å². The van der Waals surface area contributed by atoms with Gasteiger partial charge in [0, 0.05) is 13.7 Å². The van der Waals surface area contributed by atoms with Gasteiger partial charge in [0.2, 0.25) is 0 Å². The molecule has 0 aromatic heterocycles. The molecule has 0 amide bonds. The Hall–Kier alpha value is -0.0800. The molecule has 2 heteroatoms. The van der Waals surface area contributed by atoms with Crippen LogP contribution in [0.2, 0.25) is 0 Å². The van der Waals surface area contributed by atoms with E-state index in [1.165, 1.54) is 25.7 Å². The van der Waals surface area contributed by atoms with Gasteiger partial charge in [0.25, 0.3) is 0 Å². The van der Waals surface area contributed by atoms with Crippen LogP contribution >= 0.6 is 0 Å². The fourth-order valence-corrected chi connectivity index (χ4v) is 1.86. The van der Waals surface area contributed by atoms with Crippen molar-refractivity contribution in [3.63, 3.8) is 0 Å². The molecule has 0 unspecified atom stereocenters. The van der Waals surface area contributed by atoms with Gasteiger partial charge in [-0.05, 0) is 45.4 Å². The summed E-state index contributed by atoms with van der Waals surface area (Å²) in [7, 11) is 1.82. The summed E-state index contributed by atoms with van der Waals surface area (Å²) >= 11 is 0. The zero-order valence-corrected chi connectivity index (χ0v) is 9.08. The second kappa shape index (κ2) is 5.61. The Morgan fingerprint density at radius 1 is 1.15 bits per heavy atom. The minimum atomic E-state index is 0.375. The van der Waals surface area contributed by atoms with Crippen LogP contribution in [0.25, 0.3) is 0 Å². The monoisotopic (exact) mass is 186 g/mol. The van der Waals surface area contributed by atoms with Gasteiger partial charge in [-0.25, -0.2) is 0 Å². The Labute approximate surface area is 81.6 Å². The minimum absolute atomic E-state index is 0.375. The van der Waals surface area contributed by atoms with Crippen LogP contribution in [-0.4, -0.2) is 25.9 Å². The van der Waals surface area contributed by atoms with Gasteiger partial charge >= 0.3 is 0 Å². The fourth-order valence-electron chi connectivity index (χ4n) is 1.86. The summed E-state index contributed by atoms with van der Waals surface area (Å²) in [6.45, 7) is 5.13. The van der Waals surface area contributed by atoms with Crippen molar-refractivity contribution >= 4 is 0 Å². The second-order valence-corrected chi connectivity index (χ2v) is 4.26. The summed E-state index contributed by atoms with van der Waals surface area (Å²) in [5.41, 5.74) is 0. The van der Waals surface area contributed by atoms with Gasteiger partial charge in [-0.2, -0.15) is 0 Å². The lowest BCUT2D eigenvalue weighted by molar-refractivity contribution is 0.0102. The molecule has 0 atom stereocenters. The lowest BCUT2D eigenvalue weighted by Crippen LogP contribution is -2.24. The molecule has 1 rings (SSSR count). The molecule has 2 nitrogen and oxygen atoms in total. The third-order valence-corrected chi connectivity index (χ3v) is 2.79. The highest BCUT2D eigenvalue weighted by Crippen LogP contribution is 2.26. The molecule has 0 N–H and O–H groups in total. The van der Waals surface area contributed by atoms with E-state index in [9.17, 15) is 0 Å². The molecule has 0 saturated heterocycles. The lowest BCUT2D eigenvalue weighted by Gasteiger charge is -2.27. The van der Waals surface area contributed by atoms with E-state index in [4.69, 9.17) is 9.47 Å². The predicted octanol–water partition coefficient (Wildman–Crippen LogP) is 2.62. The molecule has 1 saturated carbocycles. The third kappa shape index (κ3) is 4.10. The van der Waals surface area contributed by atoms with Gasteiger partial charge in [-0.3, -0.25) is 0 Å². The van der Waals surface area contributed by atoms with Crippen molar-refractivity contribution in [1.29, 1.82) is 0 Å². The number of rotatable bonds is 4. The third-order valence-electron chi connectivity index (χ3n) is 2.79. The van der Waals surface area contributed by atoms with Crippen LogP contribution in [0.4, 0.5) is 0 Å². The number of hydrogen-bond acceptors (Lipinski definition) is 2. The highest BCUT2D eigenvalue weighted by molar-refractivity contribution is 4.72. The normalized spacial score (nSPS) is 29.5. The van der Waals surface area contributed by atoms with Gasteiger partial charge in [0.05, 0.1) is 12.2 Å². The maximum absolute atomic E-state index is 5.61. The Kier molecular flexibility index (Phi) is 4.74. The Morgan fingerprint density at radius 2 is 1.77 bits per heavy atom. The number of hydrogen-bond donors (Lipinski definition) is 0. The van der Waals surface area contributed by atoms with Crippen LogP contribution < -0.4 is 0 Å². The lowest BCUT2D eigenvalue weighted by atomic mass is 9.88. The average molecular weight is 186 g/mol. The highest BCUT2D eigenvalue weighted by atomic mass is 16.5. The number of methoxy groups -OCH3 is 1. The van der Waals surface area contributed by atoms with Crippen LogP contribution in [0.15, 0.2) is 0 Å². The zero-order chi connectivity index (χ0) is 9.68. The van der Waals surface area contributed by atoms with Crippen molar-refractivity contribution in [2.24, 2.45) is 5.92 Å². The molecule has 0 bridgehead atoms. The van der Waals surface area contributed by atoms with E-state index in [-0.39, 0.29) is 0 Å². The summed E-state index contributed by atoms with van der Waals surface area (Å²) in [6, 6.07) is 0. The molecule has 1 aliphatic rings. The summed E-state index contributed by atoms with van der Waals surface area (Å²) in [5.74, 6) is 0.772. The first kappa shape index (κ1) is 11.0. The largest absolute Gasteiger partial charge is 0.381 e. The molecule has 1 aliphatic carbocycles. The molecule has 0 spiro atoms. The maximum Gasteiger partial charge on any atom is 0.0571 e. The first-order valence-electron chi connectivity index (χ1n) is 5.36. The first-order chi connectivity index (χ1) is 6.22. The van der Waals surface area contributed by atoms with E-state index in [0.717, 1.165) is 12.5 Å². The van der Waals surface area contributed by atoms with E-state index >= 15 is 0 Å². The summed E-state index contributed by atoms with van der Waals surface area (Å²) in [4.78, 5) is 0. The van der Waals surface area contributed by atoms with Gasteiger partial charge < -0.3 is 9.47 Å². The van der Waals surface area contributed by atoms with E-state index < -0.39 is 0 Å². The van der Waals surface area contributed by atoms with E-state index in [0.29, 0.717) is 12.2 Å². The quantitative estimate of drug-likeness (QED) is 0.672. The SMILES string of the molecule is COC1CCC(COC(C)C)CC1. The molecule has 0 heterocycles. The summed E-state index contributed by atoms with van der Waals surface area (Å²) < 4.78 is 10.9. The smallest absolute Gasteiger partial charge is 0.0571 e. The fraction of sp³-hybridized carbons (Fsp3) is 1.00. The van der Waals surface area contributed by atoms with Gasteiger partial charge in [-0.15, -0.1) is 0 Å². The molecule has 0 radical (unpaired) electrons. The van der Waals surface area contributed by atoms with Crippen LogP contribution in [-0.2, 0) is 9.47 Å². The molecule has 0 aliphatic heterocycles. The Morgan fingerprint density at radius 3 is 2.23 bits per heavy atom. The van der Waals surface area contributed by atoms with Gasteiger partial charge in [0.15, 0.2) is 0 Å². The molecular formula is C11H22O2. The van der Waals surface area contributed by atoms with Crippen LogP contribution in [0.1, 0.15) is 39.5 Å². The molecule has 78 valence electrons. The molecule has 1 fully saturated rings. The van der Waals surface area contributed by atoms with Crippen molar-refractivity contribution in [3.05, 3.63) is 0 Å². The standard InChI is InChI=1S/C11H22O2/c1-9(2)13-8-10-4-6-11(12-3)7-5-10/h9-11H,4-8H2,1-3H3. The van der Waals surface area contributed by atoms with Crippen molar-refractivity contribution in [3.8, 4) is 0 Å². The molecular weight excluding hydrogens is 164 g/mol. The van der Waals surface area contributed by atoms with Crippen molar-refractivity contribution < 1.29 is 9.47 Å². The van der Waals surface area contributed by atoms with Crippen LogP contribution in [0.3, 0.4) is 0 Å². The predicted molar refractivity (Wildman–Crippen MR) is 53.8 cm³/mol. The Balaban J connectivity index is 2.10. The van der Waals surface area contributed by atoms with E-state index in [2.05, 4.69) is 13.8 Å². The van der Waals surface area contributed by atoms with Crippen LogP contribution in [0, 0.1) is 5.92 Å². The topological polar surface area (TPSA) is 18.5 Å². The molecule has 0 aromatic rings.